The molecule has 16 heteroatoms. The molecule has 1 aromatic heterocycles. The minimum absolute atomic E-state index is 0.0212. The Morgan fingerprint density at radius 2 is 1.87 bits per heavy atom. The van der Waals surface area contributed by atoms with Crippen molar-refractivity contribution in [3.63, 3.8) is 0 Å². The molecule has 1 saturated heterocycles. The van der Waals surface area contributed by atoms with Crippen LogP contribution in [0, 0.1) is 5.92 Å². The lowest BCUT2D eigenvalue weighted by Gasteiger charge is -2.29. The van der Waals surface area contributed by atoms with E-state index in [1.165, 1.54) is 42.7 Å². The number of hydrogen-bond donors (Lipinski definition) is 0. The number of fused-ring (bicyclic) bond motifs is 1. The number of carbonyl (C=O) groups is 1. The van der Waals surface area contributed by atoms with Gasteiger partial charge in [-0.25, -0.2) is 13.2 Å². The number of halogens is 4. The van der Waals surface area contributed by atoms with Crippen LogP contribution < -0.4 is 19.1 Å². The maximum absolute atomic E-state index is 13.9. The van der Waals surface area contributed by atoms with Crippen molar-refractivity contribution in [2.75, 3.05) is 44.0 Å². The first-order chi connectivity index (χ1) is 22.5. The topological polar surface area (TPSA) is 108 Å². The average molecular weight is 731 g/mol. The standard InChI is InChI=1S/C31H31Cl2F2N3O7S2/c1-37-8-10-42-25-7-5-20(13-24(25)37)47(40,41)38-9-11-46-29(38)30(39)44-27(14-21-22(32)15-36-16-23(21)33)19-4-6-26(45-31(34)35)28(12-19)43-17-18-2-3-18/h4-7,12-13,15-16,18,27,29,31H,2-3,8-11,14,17H2,1H3/t27-,29-/m0/s1. The number of likely N-dealkylation sites (N-methyl/N-ethyl adjacent to an activating group) is 1. The van der Waals surface area contributed by atoms with Gasteiger partial charge in [-0.3, -0.25) is 4.98 Å². The van der Waals surface area contributed by atoms with Crippen LogP contribution in [-0.2, 0) is 26.0 Å². The maximum atomic E-state index is 13.9. The molecule has 3 aliphatic rings. The van der Waals surface area contributed by atoms with Gasteiger partial charge in [0.05, 0.1) is 33.8 Å². The van der Waals surface area contributed by atoms with Crippen LogP contribution in [0.5, 0.6) is 17.2 Å². The van der Waals surface area contributed by atoms with Gasteiger partial charge < -0.3 is 23.8 Å². The maximum Gasteiger partial charge on any atom is 0.387 e. The fraction of sp³-hybridized carbons (Fsp3) is 0.419. The van der Waals surface area contributed by atoms with E-state index in [1.807, 2.05) is 11.9 Å². The van der Waals surface area contributed by atoms with Crippen LogP contribution in [0.1, 0.15) is 30.1 Å². The van der Waals surface area contributed by atoms with Crippen molar-refractivity contribution in [1.82, 2.24) is 9.29 Å². The van der Waals surface area contributed by atoms with E-state index in [-0.39, 0.29) is 39.4 Å². The average Bonchev–Trinajstić information content (AvgIpc) is 3.73. The van der Waals surface area contributed by atoms with Crippen LogP contribution in [0.3, 0.4) is 0 Å². The Hall–Kier alpha value is -3.04. The van der Waals surface area contributed by atoms with Crippen LogP contribution in [0.4, 0.5) is 14.5 Å². The van der Waals surface area contributed by atoms with Gasteiger partial charge in [0, 0.05) is 38.2 Å². The quantitative estimate of drug-likeness (QED) is 0.200. The fourth-order valence-electron chi connectivity index (χ4n) is 5.28. The van der Waals surface area contributed by atoms with Gasteiger partial charge in [-0.2, -0.15) is 13.1 Å². The molecule has 0 spiro atoms. The Bertz CT molecular complexity index is 1730. The Balaban J connectivity index is 1.30. The summed E-state index contributed by atoms with van der Waals surface area (Å²) in [6, 6.07) is 8.88. The van der Waals surface area contributed by atoms with Gasteiger partial charge in [0.25, 0.3) is 0 Å². The lowest BCUT2D eigenvalue weighted by Crippen LogP contribution is -2.41. The zero-order valence-corrected chi connectivity index (χ0v) is 28.3. The molecule has 1 aliphatic carbocycles. The number of aromatic nitrogens is 1. The Kier molecular flexibility index (Phi) is 10.2. The van der Waals surface area contributed by atoms with Gasteiger partial charge in [0.1, 0.15) is 18.5 Å². The predicted molar refractivity (Wildman–Crippen MR) is 173 cm³/mol. The minimum atomic E-state index is -4.12. The molecule has 2 aromatic carbocycles. The number of thioether (sulfide) groups is 1. The summed E-state index contributed by atoms with van der Waals surface area (Å²) in [5.74, 6) is 0.331. The predicted octanol–water partition coefficient (Wildman–Crippen LogP) is 6.20. The summed E-state index contributed by atoms with van der Waals surface area (Å²) in [6.07, 6.45) is 3.64. The number of benzene rings is 2. The van der Waals surface area contributed by atoms with Gasteiger partial charge >= 0.3 is 12.6 Å². The monoisotopic (exact) mass is 729 g/mol. The van der Waals surface area contributed by atoms with Gasteiger partial charge in [-0.15, -0.1) is 11.8 Å². The largest absolute Gasteiger partial charge is 0.490 e. The number of carbonyl (C=O) groups excluding carboxylic acids is 1. The summed E-state index contributed by atoms with van der Waals surface area (Å²) in [5, 5.41) is -0.743. The third-order valence-electron chi connectivity index (χ3n) is 8.01. The van der Waals surface area contributed by atoms with Crippen molar-refractivity contribution in [2.45, 2.75) is 42.2 Å². The number of hydrogen-bond acceptors (Lipinski definition) is 10. The van der Waals surface area contributed by atoms with Gasteiger partial charge in [-0.05, 0) is 60.2 Å². The van der Waals surface area contributed by atoms with Gasteiger partial charge in [-0.1, -0.05) is 29.3 Å². The SMILES string of the molecule is CN1CCOc2ccc(S(=O)(=O)N3CCS[C@H]3C(=O)O[C@@H](Cc3c(Cl)cncc3Cl)c3ccc(OC(F)F)c(OCC4CC4)c3)cc21. The van der Waals surface area contributed by atoms with Crippen molar-refractivity contribution < 1.29 is 40.9 Å². The number of anilines is 1. The highest BCUT2D eigenvalue weighted by atomic mass is 35.5. The van der Waals surface area contributed by atoms with Crippen molar-refractivity contribution >= 4 is 56.6 Å². The Labute approximate surface area is 285 Å². The summed E-state index contributed by atoms with van der Waals surface area (Å²) in [6.45, 7) is -1.60. The van der Waals surface area contributed by atoms with Crippen LogP contribution in [0.2, 0.25) is 10.0 Å². The molecule has 3 aromatic rings. The van der Waals surface area contributed by atoms with E-state index >= 15 is 0 Å². The van der Waals surface area contributed by atoms with E-state index in [0.29, 0.717) is 54.0 Å². The van der Waals surface area contributed by atoms with Crippen molar-refractivity contribution in [3.8, 4) is 17.2 Å². The second kappa shape index (κ2) is 14.2. The molecule has 10 nitrogen and oxygen atoms in total. The molecule has 47 heavy (non-hydrogen) atoms. The van der Waals surface area contributed by atoms with E-state index in [4.69, 9.17) is 37.4 Å². The third-order valence-corrected chi connectivity index (χ3v) is 11.8. The number of ether oxygens (including phenoxy) is 4. The van der Waals surface area contributed by atoms with Gasteiger partial charge in [0.15, 0.2) is 16.9 Å². The van der Waals surface area contributed by atoms with Gasteiger partial charge in [0.2, 0.25) is 10.0 Å². The fourth-order valence-corrected chi connectivity index (χ4v) is 8.87. The molecule has 0 radical (unpaired) electrons. The highest BCUT2D eigenvalue weighted by Crippen LogP contribution is 2.40. The molecule has 0 amide bonds. The molecule has 2 atom stereocenters. The lowest BCUT2D eigenvalue weighted by atomic mass is 10.0. The second-order valence-corrected chi connectivity index (χ2v) is 15.2. The first-order valence-corrected chi connectivity index (χ1v) is 18.1. The second-order valence-electron chi connectivity index (χ2n) is 11.3. The number of nitrogens with zero attached hydrogens (tertiary/aromatic N) is 3. The third kappa shape index (κ3) is 7.67. The number of esters is 1. The molecular formula is C31H31Cl2F2N3O7S2. The highest BCUT2D eigenvalue weighted by molar-refractivity contribution is 8.02. The molecule has 0 unspecified atom stereocenters. The molecule has 0 N–H and O–H groups in total. The smallest absolute Gasteiger partial charge is 0.387 e. The van der Waals surface area contributed by atoms with Crippen LogP contribution in [0.25, 0.3) is 0 Å². The first-order valence-electron chi connectivity index (χ1n) is 14.8. The first kappa shape index (κ1) is 33.8. The van der Waals surface area contributed by atoms with Crippen LogP contribution in [-0.4, -0.2) is 74.8 Å². The summed E-state index contributed by atoms with van der Waals surface area (Å²) in [4.78, 5) is 19.8. The molecule has 0 bridgehead atoms. The number of sulfonamides is 1. The van der Waals surface area contributed by atoms with Crippen LogP contribution >= 0.6 is 35.0 Å². The van der Waals surface area contributed by atoms with Crippen molar-refractivity contribution in [2.24, 2.45) is 5.92 Å². The Morgan fingerprint density at radius 1 is 1.11 bits per heavy atom. The number of rotatable bonds is 12. The summed E-state index contributed by atoms with van der Waals surface area (Å²) < 4.78 is 77.5. The minimum Gasteiger partial charge on any atom is -0.490 e. The van der Waals surface area contributed by atoms with E-state index in [9.17, 15) is 22.0 Å². The zero-order valence-electron chi connectivity index (χ0n) is 25.1. The van der Waals surface area contributed by atoms with Crippen molar-refractivity contribution in [1.29, 1.82) is 0 Å². The molecule has 1 saturated carbocycles. The number of pyridine rings is 1. The molecule has 6 rings (SSSR count). The highest BCUT2D eigenvalue weighted by Gasteiger charge is 2.42. The van der Waals surface area contributed by atoms with E-state index in [0.717, 1.165) is 28.9 Å². The van der Waals surface area contributed by atoms with Crippen molar-refractivity contribution in [3.05, 3.63) is 70.0 Å². The van der Waals surface area contributed by atoms with Crippen LogP contribution in [0.15, 0.2) is 53.7 Å². The summed E-state index contributed by atoms with van der Waals surface area (Å²) in [5.41, 5.74) is 1.44. The molecular weight excluding hydrogens is 699 g/mol. The molecule has 2 aliphatic heterocycles. The van der Waals surface area contributed by atoms with E-state index < -0.39 is 34.1 Å². The van der Waals surface area contributed by atoms with E-state index in [1.54, 1.807) is 6.07 Å². The summed E-state index contributed by atoms with van der Waals surface area (Å²) in [7, 11) is -2.28. The van der Waals surface area contributed by atoms with E-state index in [2.05, 4.69) is 9.72 Å². The molecule has 2 fully saturated rings. The normalized spacial score (nSPS) is 18.9. The zero-order chi connectivity index (χ0) is 33.3. The Morgan fingerprint density at radius 3 is 2.60 bits per heavy atom. The summed E-state index contributed by atoms with van der Waals surface area (Å²) >= 11 is 14.0. The lowest BCUT2D eigenvalue weighted by molar-refractivity contribution is -0.150. The molecule has 252 valence electrons. The molecule has 3 heterocycles. The number of alkyl halides is 2.